The first kappa shape index (κ1) is 16.7. The zero-order valence-electron chi connectivity index (χ0n) is 12.4. The minimum atomic E-state index is 0.175. The van der Waals surface area contributed by atoms with Gasteiger partial charge in [-0.1, -0.05) is 20.8 Å². The summed E-state index contributed by atoms with van der Waals surface area (Å²) in [5.74, 6) is 0. The molecule has 0 spiro atoms. The molecule has 0 saturated heterocycles. The van der Waals surface area contributed by atoms with E-state index >= 15 is 0 Å². The lowest BCUT2D eigenvalue weighted by Crippen LogP contribution is -2.35. The predicted molar refractivity (Wildman–Crippen MR) is 82.3 cm³/mol. The van der Waals surface area contributed by atoms with Crippen molar-refractivity contribution in [3.05, 3.63) is 16.4 Å². The van der Waals surface area contributed by atoms with E-state index in [0.717, 1.165) is 37.0 Å². The summed E-state index contributed by atoms with van der Waals surface area (Å²) in [5.41, 5.74) is 1.20. The summed E-state index contributed by atoms with van der Waals surface area (Å²) in [6, 6.07) is 0.179. The molecule has 0 aromatic carbocycles. The maximum Gasteiger partial charge on any atom is 0.0782 e. The quantitative estimate of drug-likeness (QED) is 0.752. The molecule has 1 heterocycles. The van der Waals surface area contributed by atoms with Gasteiger partial charge in [-0.05, 0) is 42.2 Å². The van der Waals surface area contributed by atoms with Crippen LogP contribution in [0.1, 0.15) is 52.3 Å². The maximum atomic E-state index is 5.89. The van der Waals surface area contributed by atoms with Crippen molar-refractivity contribution in [2.45, 2.75) is 59.2 Å². The van der Waals surface area contributed by atoms with Gasteiger partial charge in [-0.2, -0.15) is 5.10 Å². The van der Waals surface area contributed by atoms with E-state index in [-0.39, 0.29) is 12.1 Å². The zero-order valence-corrected chi connectivity index (χ0v) is 14.0. The van der Waals surface area contributed by atoms with Gasteiger partial charge < -0.3 is 10.1 Å². The lowest BCUT2D eigenvalue weighted by Gasteiger charge is -2.28. The highest BCUT2D eigenvalue weighted by Gasteiger charge is 2.27. The number of aromatic nitrogens is 2. The number of hydrogen-bond acceptors (Lipinski definition) is 3. The fourth-order valence-electron chi connectivity index (χ4n) is 2.36. The number of rotatable bonds is 9. The van der Waals surface area contributed by atoms with Crippen LogP contribution in [0.15, 0.2) is 10.7 Å². The van der Waals surface area contributed by atoms with Crippen molar-refractivity contribution in [3.8, 4) is 0 Å². The van der Waals surface area contributed by atoms with Crippen LogP contribution in [0, 0.1) is 0 Å². The summed E-state index contributed by atoms with van der Waals surface area (Å²) in [6.07, 6.45) is 4.11. The van der Waals surface area contributed by atoms with Crippen LogP contribution in [-0.4, -0.2) is 29.0 Å². The Morgan fingerprint density at radius 3 is 2.63 bits per heavy atom. The summed E-state index contributed by atoms with van der Waals surface area (Å²) in [7, 11) is 0. The number of likely N-dealkylation sites (N-methyl/N-ethyl adjacent to an activating group) is 1. The first-order valence-corrected chi connectivity index (χ1v) is 8.04. The molecule has 110 valence electrons. The lowest BCUT2D eigenvalue weighted by atomic mass is 10.0. The van der Waals surface area contributed by atoms with E-state index in [9.17, 15) is 0 Å². The second kappa shape index (κ2) is 8.72. The van der Waals surface area contributed by atoms with E-state index in [1.165, 1.54) is 5.69 Å². The molecule has 1 rings (SSSR count). The molecule has 0 saturated carbocycles. The molecule has 19 heavy (non-hydrogen) atoms. The van der Waals surface area contributed by atoms with Crippen LogP contribution < -0.4 is 5.32 Å². The number of halogens is 1. The van der Waals surface area contributed by atoms with Gasteiger partial charge in [-0.3, -0.25) is 4.68 Å². The normalized spacial score (nSPS) is 14.6. The zero-order chi connectivity index (χ0) is 14.3. The van der Waals surface area contributed by atoms with Crippen LogP contribution in [0.2, 0.25) is 0 Å². The van der Waals surface area contributed by atoms with E-state index in [4.69, 9.17) is 4.74 Å². The molecule has 0 aliphatic carbocycles. The average molecular weight is 332 g/mol. The van der Waals surface area contributed by atoms with E-state index in [0.29, 0.717) is 0 Å². The van der Waals surface area contributed by atoms with Crippen molar-refractivity contribution in [3.63, 3.8) is 0 Å². The summed E-state index contributed by atoms with van der Waals surface area (Å²) in [6.45, 7) is 11.1. The molecule has 1 aromatic rings. The van der Waals surface area contributed by atoms with Gasteiger partial charge >= 0.3 is 0 Å². The molecule has 2 atom stereocenters. The average Bonchev–Trinajstić information content (AvgIpc) is 2.75. The largest absolute Gasteiger partial charge is 0.376 e. The number of nitrogens with one attached hydrogen (secondary N) is 1. The van der Waals surface area contributed by atoms with Crippen molar-refractivity contribution in [2.24, 2.45) is 0 Å². The molecule has 0 radical (unpaired) electrons. The standard InChI is InChI=1S/C14H26BrN3O/c1-5-9-18-14(11(15)10-17-18)13(16-7-3)12(6-2)19-8-4/h10,12-13,16H,5-9H2,1-4H3. The van der Waals surface area contributed by atoms with Gasteiger partial charge in [0.15, 0.2) is 0 Å². The molecular weight excluding hydrogens is 306 g/mol. The Bertz CT molecular complexity index is 368. The van der Waals surface area contributed by atoms with E-state index in [1.807, 2.05) is 13.1 Å². The van der Waals surface area contributed by atoms with Crippen LogP contribution in [0.4, 0.5) is 0 Å². The summed E-state index contributed by atoms with van der Waals surface area (Å²) in [5, 5.41) is 8.00. The summed E-state index contributed by atoms with van der Waals surface area (Å²) in [4.78, 5) is 0. The van der Waals surface area contributed by atoms with Gasteiger partial charge in [-0.15, -0.1) is 0 Å². The van der Waals surface area contributed by atoms with Gasteiger partial charge in [0.05, 0.1) is 28.5 Å². The molecule has 1 aromatic heterocycles. The Morgan fingerprint density at radius 1 is 1.37 bits per heavy atom. The third-order valence-electron chi connectivity index (χ3n) is 3.14. The monoisotopic (exact) mass is 331 g/mol. The van der Waals surface area contributed by atoms with Crippen molar-refractivity contribution in [1.82, 2.24) is 15.1 Å². The first-order chi connectivity index (χ1) is 9.19. The predicted octanol–water partition coefficient (Wildman–Crippen LogP) is 3.52. The Hall–Kier alpha value is -0.390. The van der Waals surface area contributed by atoms with Crippen molar-refractivity contribution < 1.29 is 4.74 Å². The van der Waals surface area contributed by atoms with Crippen LogP contribution in [-0.2, 0) is 11.3 Å². The van der Waals surface area contributed by atoms with Gasteiger partial charge in [0.1, 0.15) is 0 Å². The number of nitrogens with zero attached hydrogens (tertiary/aromatic N) is 2. The molecule has 2 unspecified atom stereocenters. The Balaban J connectivity index is 3.05. The molecule has 0 aliphatic rings. The fraction of sp³-hybridized carbons (Fsp3) is 0.786. The highest BCUT2D eigenvalue weighted by molar-refractivity contribution is 9.10. The minimum Gasteiger partial charge on any atom is -0.376 e. The Kier molecular flexibility index (Phi) is 7.64. The third kappa shape index (κ3) is 4.29. The molecule has 0 fully saturated rings. The van der Waals surface area contributed by atoms with Crippen LogP contribution in [0.25, 0.3) is 0 Å². The second-order valence-electron chi connectivity index (χ2n) is 4.54. The summed E-state index contributed by atoms with van der Waals surface area (Å²) < 4.78 is 9.04. The van der Waals surface area contributed by atoms with E-state index in [1.54, 1.807) is 0 Å². The lowest BCUT2D eigenvalue weighted by molar-refractivity contribution is 0.0293. The first-order valence-electron chi connectivity index (χ1n) is 7.25. The van der Waals surface area contributed by atoms with E-state index < -0.39 is 0 Å². The summed E-state index contributed by atoms with van der Waals surface area (Å²) >= 11 is 3.63. The minimum absolute atomic E-state index is 0.175. The Labute approximate surface area is 125 Å². The topological polar surface area (TPSA) is 39.1 Å². The van der Waals surface area contributed by atoms with Gasteiger partial charge in [0.2, 0.25) is 0 Å². The number of aryl methyl sites for hydroxylation is 1. The highest BCUT2D eigenvalue weighted by atomic mass is 79.9. The third-order valence-corrected chi connectivity index (χ3v) is 3.75. The highest BCUT2D eigenvalue weighted by Crippen LogP contribution is 2.28. The molecule has 5 heteroatoms. The van der Waals surface area contributed by atoms with Gasteiger partial charge in [-0.25, -0.2) is 0 Å². The molecule has 0 amide bonds. The van der Waals surface area contributed by atoms with Crippen molar-refractivity contribution in [1.29, 1.82) is 0 Å². The molecule has 4 nitrogen and oxygen atoms in total. The van der Waals surface area contributed by atoms with E-state index in [2.05, 4.69) is 51.8 Å². The fourth-order valence-corrected chi connectivity index (χ4v) is 2.90. The van der Waals surface area contributed by atoms with Gasteiger partial charge in [0, 0.05) is 13.2 Å². The van der Waals surface area contributed by atoms with Crippen LogP contribution >= 0.6 is 15.9 Å². The number of ether oxygens (including phenoxy) is 1. The maximum absolute atomic E-state index is 5.89. The van der Waals surface area contributed by atoms with Crippen molar-refractivity contribution >= 4 is 15.9 Å². The molecule has 0 bridgehead atoms. The Morgan fingerprint density at radius 2 is 2.11 bits per heavy atom. The molecular formula is C14H26BrN3O. The number of hydrogen-bond donors (Lipinski definition) is 1. The van der Waals surface area contributed by atoms with Gasteiger partial charge in [0.25, 0.3) is 0 Å². The van der Waals surface area contributed by atoms with Crippen LogP contribution in [0.3, 0.4) is 0 Å². The SMILES string of the molecule is CCCn1ncc(Br)c1C(NCC)C(CC)OCC. The van der Waals surface area contributed by atoms with Crippen molar-refractivity contribution in [2.75, 3.05) is 13.2 Å². The molecule has 1 N–H and O–H groups in total. The van der Waals surface area contributed by atoms with Crippen LogP contribution in [0.5, 0.6) is 0 Å². The smallest absolute Gasteiger partial charge is 0.0782 e. The molecule has 0 aliphatic heterocycles. The second-order valence-corrected chi connectivity index (χ2v) is 5.39.